The third-order valence-corrected chi connectivity index (χ3v) is 4.85. The highest BCUT2D eigenvalue weighted by molar-refractivity contribution is 6.31. The van der Waals surface area contributed by atoms with Gasteiger partial charge in [0.25, 0.3) is 0 Å². The first-order chi connectivity index (χ1) is 12.5. The fourth-order valence-electron chi connectivity index (χ4n) is 2.99. The van der Waals surface area contributed by atoms with Crippen molar-refractivity contribution in [2.75, 3.05) is 13.1 Å². The van der Waals surface area contributed by atoms with E-state index in [1.165, 1.54) is 0 Å². The predicted molar refractivity (Wildman–Crippen MR) is 98.3 cm³/mol. The first-order valence-electron chi connectivity index (χ1n) is 8.48. The van der Waals surface area contributed by atoms with Crippen LogP contribution in [0.3, 0.4) is 0 Å². The lowest BCUT2D eigenvalue weighted by molar-refractivity contribution is -0.141. The highest BCUT2D eigenvalue weighted by Crippen LogP contribution is 2.21. The van der Waals surface area contributed by atoms with Crippen LogP contribution in [0.1, 0.15) is 17.5 Å². The summed E-state index contributed by atoms with van der Waals surface area (Å²) in [5, 5.41) is 9.71. The van der Waals surface area contributed by atoms with E-state index in [4.69, 9.17) is 21.4 Å². The average Bonchev–Trinajstić information content (AvgIpc) is 3.01. The van der Waals surface area contributed by atoms with E-state index in [1.54, 1.807) is 4.90 Å². The van der Waals surface area contributed by atoms with Crippen molar-refractivity contribution in [3.63, 3.8) is 0 Å². The Hall–Kier alpha value is -2.53. The van der Waals surface area contributed by atoms with Gasteiger partial charge in [-0.25, -0.2) is 0 Å². The quantitative estimate of drug-likeness (QED) is 0.807. The highest BCUT2D eigenvalue weighted by Gasteiger charge is 2.33. The number of carboxylic acid groups (broad SMARTS) is 1. The van der Waals surface area contributed by atoms with E-state index < -0.39 is 11.9 Å². The van der Waals surface area contributed by atoms with E-state index >= 15 is 0 Å². The van der Waals surface area contributed by atoms with Gasteiger partial charge in [-0.3, -0.25) is 9.59 Å². The van der Waals surface area contributed by atoms with Crippen molar-refractivity contribution < 1.29 is 19.4 Å². The maximum atomic E-state index is 11.9. The molecule has 1 fully saturated rings. The molecular formula is C20H20ClNO4. The normalized spacial score (nSPS) is 16.7. The van der Waals surface area contributed by atoms with Crippen LogP contribution in [0.15, 0.2) is 48.5 Å². The summed E-state index contributed by atoms with van der Waals surface area (Å²) in [6.45, 7) is 1.18. The average molecular weight is 374 g/mol. The molecule has 6 heteroatoms. The molecular weight excluding hydrogens is 354 g/mol. The van der Waals surface area contributed by atoms with Crippen LogP contribution in [0.25, 0.3) is 0 Å². The number of likely N-dealkylation sites (tertiary alicyclic amines) is 1. The van der Waals surface area contributed by atoms with Gasteiger partial charge in [-0.2, -0.15) is 0 Å². The summed E-state index contributed by atoms with van der Waals surface area (Å²) in [6, 6.07) is 15.2. The largest absolute Gasteiger partial charge is 0.489 e. The molecule has 1 amide bonds. The summed E-state index contributed by atoms with van der Waals surface area (Å²) in [5.41, 5.74) is 1.95. The number of rotatable bonds is 7. The minimum absolute atomic E-state index is 0.0936. The topological polar surface area (TPSA) is 66.8 Å². The molecule has 2 aromatic rings. The lowest BCUT2D eigenvalue weighted by Crippen LogP contribution is -2.28. The third-order valence-electron chi connectivity index (χ3n) is 4.48. The summed E-state index contributed by atoms with van der Waals surface area (Å²) in [7, 11) is 0. The van der Waals surface area contributed by atoms with E-state index in [9.17, 15) is 9.59 Å². The summed E-state index contributed by atoms with van der Waals surface area (Å²) in [4.78, 5) is 24.5. The number of carbonyl (C=O) groups is 2. The fraction of sp³-hybridized carbons (Fsp3) is 0.300. The summed E-state index contributed by atoms with van der Waals surface area (Å²) < 4.78 is 5.81. The standard InChI is InChI=1S/C20H20ClNO4/c21-18-7-2-1-5-15(18)13-26-17-6-3-4-14(10-17)8-9-22-12-16(20(24)25)11-19(22)23/h1-7,10,16H,8-9,11-13H2,(H,24,25). The Morgan fingerprint density at radius 2 is 2.04 bits per heavy atom. The smallest absolute Gasteiger partial charge is 0.308 e. The molecule has 0 spiro atoms. The SMILES string of the molecule is O=C(O)C1CC(=O)N(CCc2cccc(OCc3ccccc3Cl)c2)C1. The Balaban J connectivity index is 1.55. The number of nitrogens with zero attached hydrogens (tertiary/aromatic N) is 1. The third kappa shape index (κ3) is 4.55. The highest BCUT2D eigenvalue weighted by atomic mass is 35.5. The first-order valence-corrected chi connectivity index (χ1v) is 8.86. The molecule has 1 saturated heterocycles. The second kappa shape index (κ2) is 8.23. The zero-order valence-electron chi connectivity index (χ0n) is 14.2. The van der Waals surface area contributed by atoms with Gasteiger partial charge in [0.15, 0.2) is 0 Å². The van der Waals surface area contributed by atoms with Crippen molar-refractivity contribution in [1.82, 2.24) is 4.90 Å². The Morgan fingerprint density at radius 3 is 2.77 bits per heavy atom. The van der Waals surface area contributed by atoms with Crippen molar-refractivity contribution in [3.8, 4) is 5.75 Å². The van der Waals surface area contributed by atoms with Crippen LogP contribution in [0, 0.1) is 5.92 Å². The number of hydrogen-bond donors (Lipinski definition) is 1. The van der Waals surface area contributed by atoms with Crippen molar-refractivity contribution in [2.24, 2.45) is 5.92 Å². The van der Waals surface area contributed by atoms with Crippen LogP contribution < -0.4 is 4.74 Å². The summed E-state index contributed by atoms with van der Waals surface area (Å²) in [6.07, 6.45) is 0.748. The number of carboxylic acids is 1. The Labute approximate surface area is 157 Å². The molecule has 0 aromatic heterocycles. The van der Waals surface area contributed by atoms with Gasteiger partial charge in [-0.1, -0.05) is 41.9 Å². The number of aliphatic carboxylic acids is 1. The molecule has 1 unspecified atom stereocenters. The first kappa shape index (κ1) is 18.3. The molecule has 1 aliphatic rings. The zero-order chi connectivity index (χ0) is 18.5. The molecule has 0 radical (unpaired) electrons. The van der Waals surface area contributed by atoms with E-state index in [2.05, 4.69) is 0 Å². The Kier molecular flexibility index (Phi) is 5.78. The Morgan fingerprint density at radius 1 is 1.23 bits per heavy atom. The molecule has 0 saturated carbocycles. The minimum atomic E-state index is -0.907. The molecule has 2 aromatic carbocycles. The molecule has 3 rings (SSSR count). The second-order valence-corrected chi connectivity index (χ2v) is 6.76. The molecule has 0 bridgehead atoms. The van der Waals surface area contributed by atoms with E-state index in [-0.39, 0.29) is 18.9 Å². The van der Waals surface area contributed by atoms with Crippen LogP contribution in [0.4, 0.5) is 0 Å². The number of ether oxygens (including phenoxy) is 1. The van der Waals surface area contributed by atoms with Crippen LogP contribution in [0.2, 0.25) is 5.02 Å². The molecule has 5 nitrogen and oxygen atoms in total. The minimum Gasteiger partial charge on any atom is -0.489 e. The molecule has 1 aliphatic heterocycles. The predicted octanol–water partition coefficient (Wildman–Crippen LogP) is 3.39. The van der Waals surface area contributed by atoms with E-state index in [0.29, 0.717) is 24.6 Å². The summed E-state index contributed by atoms with van der Waals surface area (Å²) in [5.74, 6) is -0.856. The second-order valence-electron chi connectivity index (χ2n) is 6.36. The monoisotopic (exact) mass is 373 g/mol. The number of carbonyl (C=O) groups excluding carboxylic acids is 1. The van der Waals surface area contributed by atoms with Gasteiger partial charge in [0, 0.05) is 30.1 Å². The van der Waals surface area contributed by atoms with Crippen molar-refractivity contribution in [2.45, 2.75) is 19.4 Å². The number of benzene rings is 2. The Bertz CT molecular complexity index is 808. The van der Waals surface area contributed by atoms with E-state index in [1.807, 2.05) is 48.5 Å². The van der Waals surface area contributed by atoms with E-state index in [0.717, 1.165) is 16.9 Å². The molecule has 26 heavy (non-hydrogen) atoms. The van der Waals surface area contributed by atoms with Crippen LogP contribution in [0.5, 0.6) is 5.75 Å². The lowest BCUT2D eigenvalue weighted by Gasteiger charge is -2.16. The van der Waals surface area contributed by atoms with Crippen LogP contribution in [-0.2, 0) is 22.6 Å². The van der Waals surface area contributed by atoms with Crippen molar-refractivity contribution in [1.29, 1.82) is 0 Å². The van der Waals surface area contributed by atoms with Crippen LogP contribution in [-0.4, -0.2) is 35.0 Å². The summed E-state index contributed by atoms with van der Waals surface area (Å²) >= 11 is 6.13. The molecule has 1 heterocycles. The van der Waals surface area contributed by atoms with Gasteiger partial charge < -0.3 is 14.7 Å². The molecule has 1 atom stereocenters. The number of amides is 1. The van der Waals surface area contributed by atoms with Gasteiger partial charge in [0.1, 0.15) is 12.4 Å². The molecule has 1 N–H and O–H groups in total. The van der Waals surface area contributed by atoms with Gasteiger partial charge in [0.05, 0.1) is 5.92 Å². The number of hydrogen-bond acceptors (Lipinski definition) is 3. The van der Waals surface area contributed by atoms with Gasteiger partial charge in [0.2, 0.25) is 5.91 Å². The fourth-order valence-corrected chi connectivity index (χ4v) is 3.18. The number of halogens is 1. The lowest BCUT2D eigenvalue weighted by atomic mass is 10.1. The molecule has 0 aliphatic carbocycles. The maximum Gasteiger partial charge on any atom is 0.308 e. The maximum absolute atomic E-state index is 11.9. The molecule has 136 valence electrons. The van der Waals surface area contributed by atoms with Crippen LogP contribution >= 0.6 is 11.6 Å². The van der Waals surface area contributed by atoms with Gasteiger partial charge in [-0.15, -0.1) is 0 Å². The van der Waals surface area contributed by atoms with Gasteiger partial charge in [-0.05, 0) is 30.2 Å². The van der Waals surface area contributed by atoms with Gasteiger partial charge >= 0.3 is 5.97 Å². The van der Waals surface area contributed by atoms with Crippen molar-refractivity contribution in [3.05, 3.63) is 64.7 Å². The van der Waals surface area contributed by atoms with Crippen molar-refractivity contribution >= 4 is 23.5 Å². The zero-order valence-corrected chi connectivity index (χ0v) is 15.0.